The number of rotatable bonds is 7. The van der Waals surface area contributed by atoms with E-state index in [1.807, 2.05) is 0 Å². The largest absolute Gasteiger partial charge is 0.507 e. The highest BCUT2D eigenvalue weighted by Crippen LogP contribution is 2.31. The molecule has 4 aromatic carbocycles. The van der Waals surface area contributed by atoms with Crippen molar-refractivity contribution in [3.8, 4) is 5.75 Å². The Bertz CT molecular complexity index is 2210. The third-order valence-corrected chi connectivity index (χ3v) is 8.15. The summed E-state index contributed by atoms with van der Waals surface area (Å²) >= 11 is 0. The molecule has 0 bridgehead atoms. The first kappa shape index (κ1) is 30.8. The molecule has 2 amide bonds. The van der Waals surface area contributed by atoms with E-state index in [1.54, 1.807) is 0 Å². The number of carbonyl (C=O) groups is 3. The molecule has 0 saturated heterocycles. The third kappa shape index (κ3) is 6.65. The standard InChI is InChI=1S/C28H20N4O11S2/c33-23-13-20(44(38,39)40)11-15-9-18(5-7-21(15)23)29-28(37)30-19-6-8-22-16(10-19)12-24(45(41,42)43)25(26(22)34)32-31-17-3-1-14(2-4-17)27(35)36/h1-13,31,33H,(H,35,36)(H2,29,30,37)(H,38,39,40)(H,41,42,43)/b32-25+. The molecule has 1 aliphatic rings. The Morgan fingerprint density at radius 1 is 0.756 bits per heavy atom. The van der Waals surface area contributed by atoms with Crippen LogP contribution in [0.2, 0.25) is 0 Å². The number of hydrazone groups is 1. The molecule has 5 rings (SSSR count). The third-order valence-electron chi connectivity index (χ3n) is 6.46. The van der Waals surface area contributed by atoms with Gasteiger partial charge >= 0.3 is 12.0 Å². The number of ketones is 1. The summed E-state index contributed by atoms with van der Waals surface area (Å²) in [4.78, 5) is 35.6. The van der Waals surface area contributed by atoms with Crippen molar-refractivity contribution in [3.05, 3.63) is 94.4 Å². The van der Waals surface area contributed by atoms with Crippen LogP contribution in [0.1, 0.15) is 26.3 Å². The summed E-state index contributed by atoms with van der Waals surface area (Å²) in [5, 5.41) is 28.4. The Morgan fingerprint density at radius 3 is 2.00 bits per heavy atom. The average Bonchev–Trinajstić information content (AvgIpc) is 2.95. The Labute approximate surface area is 254 Å². The van der Waals surface area contributed by atoms with Gasteiger partial charge in [0.15, 0.2) is 5.71 Å². The van der Waals surface area contributed by atoms with Gasteiger partial charge in [-0.2, -0.15) is 21.9 Å². The minimum atomic E-state index is -4.96. The molecule has 0 heterocycles. The summed E-state index contributed by atoms with van der Waals surface area (Å²) in [6.07, 6.45) is 0.992. The fraction of sp³-hybridized carbons (Fsp3) is 0. The number of Topliss-reactive ketones (excluding diaryl/α,β-unsaturated/α-hetero) is 1. The average molecular weight is 653 g/mol. The van der Waals surface area contributed by atoms with E-state index >= 15 is 0 Å². The van der Waals surface area contributed by atoms with E-state index in [4.69, 9.17) is 5.11 Å². The van der Waals surface area contributed by atoms with Gasteiger partial charge in [-0.15, -0.1) is 0 Å². The number of carboxylic acid groups (broad SMARTS) is 1. The van der Waals surface area contributed by atoms with Crippen LogP contribution >= 0.6 is 0 Å². The normalized spacial score (nSPS) is 14.0. The number of amides is 2. The molecule has 1 aliphatic carbocycles. The highest BCUT2D eigenvalue weighted by molar-refractivity contribution is 7.91. The van der Waals surface area contributed by atoms with Crippen molar-refractivity contribution >= 4 is 77.6 Å². The lowest BCUT2D eigenvalue weighted by atomic mass is 9.94. The smallest absolute Gasteiger partial charge is 0.335 e. The Morgan fingerprint density at radius 2 is 1.38 bits per heavy atom. The maximum atomic E-state index is 13.2. The second-order valence-electron chi connectivity index (χ2n) is 9.50. The summed E-state index contributed by atoms with van der Waals surface area (Å²) in [7, 11) is -9.57. The zero-order valence-corrected chi connectivity index (χ0v) is 24.0. The fourth-order valence-corrected chi connectivity index (χ4v) is 5.56. The van der Waals surface area contributed by atoms with Crippen LogP contribution < -0.4 is 16.1 Å². The van der Waals surface area contributed by atoms with Crippen molar-refractivity contribution in [2.45, 2.75) is 4.90 Å². The maximum absolute atomic E-state index is 13.2. The SMILES string of the molecule is O=C(Nc1ccc2c(c1)C=C(S(=O)(=O)O)/C(=N\Nc1ccc(C(=O)O)cc1)C2=O)Nc1ccc2c(O)cc(S(=O)(=O)O)cc2c1. The highest BCUT2D eigenvalue weighted by atomic mass is 32.2. The number of carboxylic acids is 1. The number of phenolic OH excluding ortho intramolecular Hbond substituents is 1. The Hall–Kier alpha value is -5.62. The molecule has 7 N–H and O–H groups in total. The van der Waals surface area contributed by atoms with Crippen LogP contribution in [0.15, 0.2) is 87.7 Å². The topological polar surface area (TPSA) is 249 Å². The summed E-state index contributed by atoms with van der Waals surface area (Å²) in [6, 6.07) is 14.5. The van der Waals surface area contributed by atoms with Gasteiger partial charge in [0, 0.05) is 28.4 Å². The number of aromatic hydroxyl groups is 1. The van der Waals surface area contributed by atoms with Crippen molar-refractivity contribution in [2.75, 3.05) is 16.1 Å². The number of anilines is 3. The molecular weight excluding hydrogens is 632 g/mol. The number of urea groups is 1. The number of hydrogen-bond donors (Lipinski definition) is 7. The number of nitrogens with zero attached hydrogens (tertiary/aromatic N) is 1. The van der Waals surface area contributed by atoms with E-state index in [2.05, 4.69) is 21.2 Å². The molecule has 0 saturated carbocycles. The van der Waals surface area contributed by atoms with Crippen LogP contribution in [0, 0.1) is 0 Å². The van der Waals surface area contributed by atoms with Crippen molar-refractivity contribution in [1.82, 2.24) is 0 Å². The Kier molecular flexibility index (Phi) is 7.86. The number of nitrogens with one attached hydrogen (secondary N) is 3. The van der Waals surface area contributed by atoms with Crippen molar-refractivity contribution in [2.24, 2.45) is 5.10 Å². The van der Waals surface area contributed by atoms with E-state index in [0.717, 1.165) is 18.2 Å². The van der Waals surface area contributed by atoms with E-state index in [9.17, 15) is 45.4 Å². The molecule has 230 valence electrons. The first-order chi connectivity index (χ1) is 21.1. The number of hydrogen-bond acceptors (Lipinski definition) is 10. The number of fused-ring (bicyclic) bond motifs is 2. The maximum Gasteiger partial charge on any atom is 0.335 e. The molecule has 0 aliphatic heterocycles. The van der Waals surface area contributed by atoms with Gasteiger partial charge in [-0.05, 0) is 83.8 Å². The molecule has 0 radical (unpaired) electrons. The minimum Gasteiger partial charge on any atom is -0.507 e. The van der Waals surface area contributed by atoms with Gasteiger partial charge in [0.2, 0.25) is 5.78 Å². The second kappa shape index (κ2) is 11.5. The van der Waals surface area contributed by atoms with Crippen LogP contribution in [-0.4, -0.2) is 59.6 Å². The van der Waals surface area contributed by atoms with Gasteiger partial charge in [-0.25, -0.2) is 9.59 Å². The zero-order valence-electron chi connectivity index (χ0n) is 22.4. The predicted molar refractivity (Wildman–Crippen MR) is 163 cm³/mol. The molecule has 45 heavy (non-hydrogen) atoms. The first-order valence-electron chi connectivity index (χ1n) is 12.5. The molecule has 0 atom stereocenters. The fourth-order valence-electron chi connectivity index (χ4n) is 4.37. The number of allylic oxidation sites excluding steroid dienone is 1. The number of carbonyl (C=O) groups excluding carboxylic acids is 2. The lowest BCUT2D eigenvalue weighted by molar-refractivity contribution is 0.0696. The van der Waals surface area contributed by atoms with Gasteiger partial charge in [0.1, 0.15) is 10.7 Å². The first-order valence-corrected chi connectivity index (χ1v) is 15.4. The molecule has 0 aromatic heterocycles. The number of benzene rings is 4. The van der Waals surface area contributed by atoms with Crippen molar-refractivity contribution < 1.29 is 50.5 Å². The van der Waals surface area contributed by atoms with Gasteiger partial charge in [-0.3, -0.25) is 19.3 Å². The van der Waals surface area contributed by atoms with E-state index < -0.39 is 59.3 Å². The van der Waals surface area contributed by atoms with E-state index in [-0.39, 0.29) is 44.5 Å². The van der Waals surface area contributed by atoms with Crippen LogP contribution in [0.5, 0.6) is 5.75 Å². The van der Waals surface area contributed by atoms with Crippen LogP contribution in [0.25, 0.3) is 16.8 Å². The van der Waals surface area contributed by atoms with Crippen LogP contribution in [0.4, 0.5) is 21.9 Å². The van der Waals surface area contributed by atoms with E-state index in [0.29, 0.717) is 0 Å². The van der Waals surface area contributed by atoms with Crippen LogP contribution in [0.3, 0.4) is 0 Å². The highest BCUT2D eigenvalue weighted by Gasteiger charge is 2.33. The molecule has 0 fully saturated rings. The van der Waals surface area contributed by atoms with Gasteiger partial charge in [0.25, 0.3) is 20.2 Å². The molecule has 15 nitrogen and oxygen atoms in total. The molecule has 0 unspecified atom stereocenters. The Balaban J connectivity index is 1.38. The van der Waals surface area contributed by atoms with Crippen molar-refractivity contribution in [1.29, 1.82) is 0 Å². The lowest BCUT2D eigenvalue weighted by Crippen LogP contribution is -2.27. The quantitative estimate of drug-likeness (QED) is 0.110. The summed E-state index contributed by atoms with van der Waals surface area (Å²) in [5.41, 5.74) is 2.38. The number of phenols is 1. The van der Waals surface area contributed by atoms with E-state index in [1.165, 1.54) is 60.7 Å². The summed E-state index contributed by atoms with van der Waals surface area (Å²) < 4.78 is 66.4. The lowest BCUT2D eigenvalue weighted by Gasteiger charge is -2.17. The predicted octanol–water partition coefficient (Wildman–Crippen LogP) is 4.03. The summed E-state index contributed by atoms with van der Waals surface area (Å²) in [6.45, 7) is 0. The molecular formula is C28H20N4O11S2. The minimum absolute atomic E-state index is 0.000824. The van der Waals surface area contributed by atoms with Crippen LogP contribution in [-0.2, 0) is 20.2 Å². The number of aromatic carboxylic acids is 1. The van der Waals surface area contributed by atoms with Crippen molar-refractivity contribution in [3.63, 3.8) is 0 Å². The van der Waals surface area contributed by atoms with Gasteiger partial charge in [0.05, 0.1) is 16.1 Å². The monoisotopic (exact) mass is 652 g/mol. The van der Waals surface area contributed by atoms with Gasteiger partial charge < -0.3 is 20.8 Å². The second-order valence-corrected chi connectivity index (χ2v) is 12.3. The summed E-state index contributed by atoms with van der Waals surface area (Å²) in [5.74, 6) is -2.44. The molecule has 0 spiro atoms. The van der Waals surface area contributed by atoms with Gasteiger partial charge in [-0.1, -0.05) is 0 Å². The molecule has 4 aromatic rings. The molecule has 17 heteroatoms. The zero-order chi connectivity index (χ0) is 32.7.